The minimum atomic E-state index is -1.10. The molecule has 1 atom stereocenters. The molecule has 6 heteroatoms. The number of aromatic nitrogens is 1. The van der Waals surface area contributed by atoms with Crippen molar-refractivity contribution >= 4 is 11.9 Å². The van der Waals surface area contributed by atoms with Gasteiger partial charge in [0.2, 0.25) is 0 Å². The van der Waals surface area contributed by atoms with Crippen molar-refractivity contribution in [3.63, 3.8) is 0 Å². The number of likely N-dealkylation sites (tertiary alicyclic amines) is 1. The summed E-state index contributed by atoms with van der Waals surface area (Å²) in [6.45, 7) is 4.99. The molecular weight excluding hydrogens is 258 g/mol. The SMILES string of the molecule is CC(CN1CCCC1)NC(=O)c1ccc(C(=O)O)nc1. The zero-order valence-corrected chi connectivity index (χ0v) is 11.5. The maximum atomic E-state index is 12.0. The number of carbonyl (C=O) groups is 2. The van der Waals surface area contributed by atoms with Gasteiger partial charge in [-0.15, -0.1) is 0 Å². The second-order valence-corrected chi connectivity index (χ2v) is 5.12. The molecule has 0 aliphatic carbocycles. The number of aromatic carboxylic acids is 1. The minimum absolute atomic E-state index is 0.0553. The van der Waals surface area contributed by atoms with Gasteiger partial charge >= 0.3 is 5.97 Å². The van der Waals surface area contributed by atoms with Crippen LogP contribution in [0.5, 0.6) is 0 Å². The van der Waals surface area contributed by atoms with E-state index in [0.717, 1.165) is 19.6 Å². The van der Waals surface area contributed by atoms with Crippen LogP contribution in [0.4, 0.5) is 0 Å². The number of nitrogens with zero attached hydrogens (tertiary/aromatic N) is 2. The number of pyridine rings is 1. The van der Waals surface area contributed by atoms with Gasteiger partial charge in [-0.1, -0.05) is 0 Å². The Morgan fingerprint density at radius 3 is 2.65 bits per heavy atom. The highest BCUT2D eigenvalue weighted by molar-refractivity contribution is 5.95. The third kappa shape index (κ3) is 3.77. The highest BCUT2D eigenvalue weighted by atomic mass is 16.4. The molecule has 1 saturated heterocycles. The van der Waals surface area contributed by atoms with Crippen molar-refractivity contribution in [1.29, 1.82) is 0 Å². The molecule has 108 valence electrons. The molecule has 0 spiro atoms. The van der Waals surface area contributed by atoms with Gasteiger partial charge in [0, 0.05) is 18.8 Å². The maximum absolute atomic E-state index is 12.0. The minimum Gasteiger partial charge on any atom is -0.477 e. The lowest BCUT2D eigenvalue weighted by molar-refractivity contribution is 0.0689. The lowest BCUT2D eigenvalue weighted by Crippen LogP contribution is -2.41. The smallest absolute Gasteiger partial charge is 0.354 e. The predicted molar refractivity (Wildman–Crippen MR) is 73.8 cm³/mol. The Balaban J connectivity index is 1.88. The predicted octanol–water partition coefficient (Wildman–Crippen LogP) is 0.994. The van der Waals surface area contributed by atoms with Gasteiger partial charge in [0.25, 0.3) is 5.91 Å². The first kappa shape index (κ1) is 14.5. The fraction of sp³-hybridized carbons (Fsp3) is 0.500. The van der Waals surface area contributed by atoms with E-state index in [-0.39, 0.29) is 17.6 Å². The molecule has 1 unspecified atom stereocenters. The molecule has 2 heterocycles. The molecule has 1 aromatic rings. The topological polar surface area (TPSA) is 82.5 Å². The van der Waals surface area contributed by atoms with Gasteiger partial charge in [0.15, 0.2) is 0 Å². The molecular formula is C14H19N3O3. The average molecular weight is 277 g/mol. The van der Waals surface area contributed by atoms with Crippen molar-refractivity contribution in [2.45, 2.75) is 25.8 Å². The number of hydrogen-bond acceptors (Lipinski definition) is 4. The highest BCUT2D eigenvalue weighted by Gasteiger charge is 2.17. The first-order chi connectivity index (χ1) is 9.56. The van der Waals surface area contributed by atoms with Crippen LogP contribution in [0.3, 0.4) is 0 Å². The molecule has 1 aliphatic rings. The summed E-state index contributed by atoms with van der Waals surface area (Å²) in [6.07, 6.45) is 3.74. The van der Waals surface area contributed by atoms with Crippen LogP contribution in [0, 0.1) is 0 Å². The van der Waals surface area contributed by atoms with Gasteiger partial charge in [0.05, 0.1) is 5.56 Å². The highest BCUT2D eigenvalue weighted by Crippen LogP contribution is 2.08. The van der Waals surface area contributed by atoms with Crippen molar-refractivity contribution in [3.05, 3.63) is 29.6 Å². The van der Waals surface area contributed by atoms with Crippen LogP contribution in [-0.4, -0.2) is 52.5 Å². The summed E-state index contributed by atoms with van der Waals surface area (Å²) >= 11 is 0. The Morgan fingerprint density at radius 2 is 2.10 bits per heavy atom. The largest absolute Gasteiger partial charge is 0.477 e. The van der Waals surface area contributed by atoms with Gasteiger partial charge in [-0.2, -0.15) is 0 Å². The Bertz CT molecular complexity index is 481. The molecule has 6 nitrogen and oxygen atoms in total. The second-order valence-electron chi connectivity index (χ2n) is 5.12. The van der Waals surface area contributed by atoms with E-state index in [9.17, 15) is 9.59 Å². The van der Waals surface area contributed by atoms with Crippen molar-refractivity contribution in [2.24, 2.45) is 0 Å². The van der Waals surface area contributed by atoms with Crippen LogP contribution in [0.2, 0.25) is 0 Å². The molecule has 1 fully saturated rings. The van der Waals surface area contributed by atoms with E-state index in [1.54, 1.807) is 0 Å². The summed E-state index contributed by atoms with van der Waals surface area (Å²) < 4.78 is 0. The first-order valence-corrected chi connectivity index (χ1v) is 6.79. The Kier molecular flexibility index (Phi) is 4.68. The van der Waals surface area contributed by atoms with Gasteiger partial charge < -0.3 is 15.3 Å². The monoisotopic (exact) mass is 277 g/mol. The lowest BCUT2D eigenvalue weighted by atomic mass is 10.2. The summed E-state index contributed by atoms with van der Waals surface area (Å²) in [5.74, 6) is -1.32. The van der Waals surface area contributed by atoms with Crippen LogP contribution in [-0.2, 0) is 0 Å². The van der Waals surface area contributed by atoms with E-state index in [0.29, 0.717) is 5.56 Å². The number of carboxylic acids is 1. The third-order valence-corrected chi connectivity index (χ3v) is 3.35. The molecule has 1 amide bonds. The quantitative estimate of drug-likeness (QED) is 0.839. The van der Waals surface area contributed by atoms with Crippen molar-refractivity contribution in [1.82, 2.24) is 15.2 Å². The zero-order chi connectivity index (χ0) is 14.5. The molecule has 2 N–H and O–H groups in total. The summed E-state index contributed by atoms with van der Waals surface area (Å²) in [4.78, 5) is 28.7. The number of nitrogens with one attached hydrogen (secondary N) is 1. The van der Waals surface area contributed by atoms with Crippen molar-refractivity contribution in [2.75, 3.05) is 19.6 Å². The fourth-order valence-electron chi connectivity index (χ4n) is 2.36. The molecule has 20 heavy (non-hydrogen) atoms. The normalized spacial score (nSPS) is 16.9. The Hall–Kier alpha value is -1.95. The molecule has 0 radical (unpaired) electrons. The molecule has 0 saturated carbocycles. The van der Waals surface area contributed by atoms with E-state index in [1.807, 2.05) is 6.92 Å². The second kappa shape index (κ2) is 6.47. The molecule has 0 aromatic carbocycles. The van der Waals surface area contributed by atoms with E-state index in [1.165, 1.54) is 31.2 Å². The average Bonchev–Trinajstić information content (AvgIpc) is 2.91. The van der Waals surface area contributed by atoms with Gasteiger partial charge in [0.1, 0.15) is 5.69 Å². The molecule has 2 rings (SSSR count). The summed E-state index contributed by atoms with van der Waals surface area (Å²) in [7, 11) is 0. The van der Waals surface area contributed by atoms with Crippen molar-refractivity contribution in [3.8, 4) is 0 Å². The maximum Gasteiger partial charge on any atom is 0.354 e. The number of amides is 1. The number of carbonyl (C=O) groups excluding carboxylic acids is 1. The Labute approximate surface area is 117 Å². The van der Waals surface area contributed by atoms with E-state index in [4.69, 9.17) is 5.11 Å². The molecule has 0 bridgehead atoms. The molecule has 1 aromatic heterocycles. The van der Waals surface area contributed by atoms with Crippen LogP contribution in [0.15, 0.2) is 18.3 Å². The zero-order valence-electron chi connectivity index (χ0n) is 11.5. The van der Waals surface area contributed by atoms with E-state index in [2.05, 4.69) is 15.2 Å². The van der Waals surface area contributed by atoms with Crippen molar-refractivity contribution < 1.29 is 14.7 Å². The number of hydrogen-bond donors (Lipinski definition) is 2. The number of rotatable bonds is 5. The summed E-state index contributed by atoms with van der Waals surface area (Å²) in [5.41, 5.74) is 0.315. The van der Waals surface area contributed by atoms with Crippen LogP contribution in [0.1, 0.15) is 40.6 Å². The van der Waals surface area contributed by atoms with E-state index < -0.39 is 5.97 Å². The summed E-state index contributed by atoms with van der Waals surface area (Å²) in [5, 5.41) is 11.7. The first-order valence-electron chi connectivity index (χ1n) is 6.79. The summed E-state index contributed by atoms with van der Waals surface area (Å²) in [6, 6.07) is 2.87. The van der Waals surface area contributed by atoms with Gasteiger partial charge in [-0.3, -0.25) is 4.79 Å². The van der Waals surface area contributed by atoms with Gasteiger partial charge in [-0.25, -0.2) is 9.78 Å². The fourth-order valence-corrected chi connectivity index (χ4v) is 2.36. The van der Waals surface area contributed by atoms with Crippen LogP contribution >= 0.6 is 0 Å². The number of carboxylic acid groups (broad SMARTS) is 1. The Morgan fingerprint density at radius 1 is 1.40 bits per heavy atom. The van der Waals surface area contributed by atoms with Crippen LogP contribution < -0.4 is 5.32 Å². The lowest BCUT2D eigenvalue weighted by Gasteiger charge is -2.21. The third-order valence-electron chi connectivity index (χ3n) is 3.35. The van der Waals surface area contributed by atoms with Crippen LogP contribution in [0.25, 0.3) is 0 Å². The standard InChI is InChI=1S/C14H19N3O3/c1-10(9-17-6-2-3-7-17)16-13(18)11-4-5-12(14(19)20)15-8-11/h4-5,8,10H,2-3,6-7,9H2,1H3,(H,16,18)(H,19,20). The molecule has 1 aliphatic heterocycles. The van der Waals surface area contributed by atoms with E-state index >= 15 is 0 Å². The van der Waals surface area contributed by atoms with Gasteiger partial charge in [-0.05, 0) is 45.0 Å².